The zero-order chi connectivity index (χ0) is 29.7. The van der Waals surface area contributed by atoms with Crippen molar-refractivity contribution in [1.29, 1.82) is 0 Å². The number of amides is 2. The Balaban J connectivity index is 1.37. The van der Waals surface area contributed by atoms with Crippen LogP contribution in [0.1, 0.15) is 17.3 Å². The van der Waals surface area contributed by atoms with Crippen molar-refractivity contribution < 1.29 is 22.7 Å². The third-order valence-electron chi connectivity index (χ3n) is 6.04. The van der Waals surface area contributed by atoms with Gasteiger partial charge in [0.05, 0.1) is 23.0 Å². The molecule has 0 radical (unpaired) electrons. The lowest BCUT2D eigenvalue weighted by Crippen LogP contribution is -2.16. The maximum Gasteiger partial charge on any atom is 0.263 e. The first-order valence-electron chi connectivity index (χ1n) is 12.7. The molecule has 12 heteroatoms. The Morgan fingerprint density at radius 3 is 1.83 bits per heavy atom. The number of benzene rings is 4. The number of fused-ring (bicyclic) bond motifs is 1. The number of carbonyl (C=O) groups is 2. The zero-order valence-corrected chi connectivity index (χ0v) is 23.4. The molecule has 0 spiro atoms. The summed E-state index contributed by atoms with van der Waals surface area (Å²) in [6, 6.07) is 26.4. The minimum atomic E-state index is -4.06. The number of ether oxygens (including phenoxy) is 1. The van der Waals surface area contributed by atoms with Gasteiger partial charge in [0.25, 0.3) is 15.9 Å². The van der Waals surface area contributed by atoms with Crippen molar-refractivity contribution in [2.75, 3.05) is 27.8 Å². The molecule has 1 heterocycles. The number of hydrogen-bond donors (Lipinski definition) is 4. The van der Waals surface area contributed by atoms with Crippen LogP contribution in [0.25, 0.3) is 11.0 Å². The summed E-state index contributed by atoms with van der Waals surface area (Å²) >= 11 is 0. The first-order chi connectivity index (χ1) is 20.2. The largest absolute Gasteiger partial charge is 0.497 e. The fourth-order valence-electron chi connectivity index (χ4n) is 3.98. The van der Waals surface area contributed by atoms with Crippen LogP contribution < -0.4 is 25.4 Å². The van der Waals surface area contributed by atoms with Gasteiger partial charge in [-0.1, -0.05) is 12.1 Å². The van der Waals surface area contributed by atoms with Crippen LogP contribution >= 0.6 is 0 Å². The van der Waals surface area contributed by atoms with Crippen LogP contribution in [-0.4, -0.2) is 37.3 Å². The second kappa shape index (κ2) is 11.9. The molecule has 0 fully saturated rings. The number of methoxy groups -OCH3 is 1. The van der Waals surface area contributed by atoms with E-state index in [4.69, 9.17) is 4.74 Å². The van der Waals surface area contributed by atoms with E-state index in [0.717, 1.165) is 0 Å². The quantitative estimate of drug-likeness (QED) is 0.181. The van der Waals surface area contributed by atoms with Crippen LogP contribution in [-0.2, 0) is 14.8 Å². The van der Waals surface area contributed by atoms with Crippen molar-refractivity contribution in [2.24, 2.45) is 0 Å². The fraction of sp³-hybridized carbons (Fsp3) is 0.0667. The Labute approximate surface area is 242 Å². The molecule has 1 aromatic heterocycles. The standard InChI is InChI=1S/C30H26N6O5S/c1-19(37)31-21-13-17-25(18-14-21)42(39,40)36-29-28(34-26-5-3-4-6-27(26)35-29)32-22-9-7-20(8-10-22)30(38)33-23-11-15-24(41-2)16-12-23/h3-18H,1-2H3,(H,31,37)(H,32,34)(H,33,38)(H,35,36). The molecule has 4 N–H and O–H groups in total. The fourth-order valence-corrected chi connectivity index (χ4v) is 4.99. The number of anilines is 5. The average Bonchev–Trinajstić information content (AvgIpc) is 2.98. The Morgan fingerprint density at radius 2 is 1.24 bits per heavy atom. The van der Waals surface area contributed by atoms with E-state index >= 15 is 0 Å². The summed E-state index contributed by atoms with van der Waals surface area (Å²) in [7, 11) is -2.49. The molecule has 11 nitrogen and oxygen atoms in total. The first kappa shape index (κ1) is 28.1. The number of rotatable bonds is 9. The van der Waals surface area contributed by atoms with Crippen molar-refractivity contribution in [2.45, 2.75) is 11.8 Å². The van der Waals surface area contributed by atoms with Crippen molar-refractivity contribution in [3.8, 4) is 5.75 Å². The van der Waals surface area contributed by atoms with Crippen LogP contribution in [0.4, 0.5) is 28.7 Å². The average molecular weight is 583 g/mol. The number of nitrogens with zero attached hydrogens (tertiary/aromatic N) is 2. The molecule has 212 valence electrons. The summed E-state index contributed by atoms with van der Waals surface area (Å²) in [6.45, 7) is 1.37. The minimum absolute atomic E-state index is 0.0130. The molecule has 5 aromatic rings. The van der Waals surface area contributed by atoms with Gasteiger partial charge >= 0.3 is 0 Å². The lowest BCUT2D eigenvalue weighted by atomic mass is 10.2. The number of carbonyl (C=O) groups excluding carboxylic acids is 2. The molecule has 0 atom stereocenters. The van der Waals surface area contributed by atoms with E-state index in [2.05, 4.69) is 30.6 Å². The smallest absolute Gasteiger partial charge is 0.263 e. The molecular weight excluding hydrogens is 556 g/mol. The van der Waals surface area contributed by atoms with Crippen LogP contribution in [0.15, 0.2) is 102 Å². The third-order valence-corrected chi connectivity index (χ3v) is 7.40. The molecule has 0 bridgehead atoms. The minimum Gasteiger partial charge on any atom is -0.497 e. The van der Waals surface area contributed by atoms with Crippen molar-refractivity contribution in [3.05, 3.63) is 103 Å². The van der Waals surface area contributed by atoms with E-state index in [0.29, 0.717) is 39.4 Å². The molecule has 5 rings (SSSR count). The number of sulfonamides is 1. The highest BCUT2D eigenvalue weighted by Crippen LogP contribution is 2.28. The SMILES string of the molecule is COc1ccc(NC(=O)c2ccc(Nc3nc4ccccc4nc3NS(=O)(=O)c3ccc(NC(C)=O)cc3)cc2)cc1. The van der Waals surface area contributed by atoms with Crippen molar-refractivity contribution in [3.63, 3.8) is 0 Å². The van der Waals surface area contributed by atoms with E-state index in [9.17, 15) is 18.0 Å². The second-order valence-electron chi connectivity index (χ2n) is 9.11. The highest BCUT2D eigenvalue weighted by molar-refractivity contribution is 7.92. The van der Waals surface area contributed by atoms with E-state index < -0.39 is 10.0 Å². The molecule has 4 aromatic carbocycles. The first-order valence-corrected chi connectivity index (χ1v) is 14.2. The maximum absolute atomic E-state index is 13.2. The molecule has 0 unspecified atom stereocenters. The summed E-state index contributed by atoms with van der Waals surface area (Å²) in [5, 5.41) is 8.53. The van der Waals surface area contributed by atoms with Gasteiger partial charge in [-0.05, 0) is 84.9 Å². The van der Waals surface area contributed by atoms with Gasteiger partial charge in [-0.25, -0.2) is 18.4 Å². The summed E-state index contributed by atoms with van der Waals surface area (Å²) in [5.41, 5.74) is 3.11. The Kier molecular flexibility index (Phi) is 7.98. The van der Waals surface area contributed by atoms with Crippen molar-refractivity contribution >= 4 is 61.6 Å². The Hall–Kier alpha value is -5.49. The van der Waals surface area contributed by atoms with Gasteiger partial charge in [-0.2, -0.15) is 0 Å². The van der Waals surface area contributed by atoms with Gasteiger partial charge in [-0.15, -0.1) is 0 Å². The summed E-state index contributed by atoms with van der Waals surface area (Å²) in [4.78, 5) is 33.1. The predicted octanol–water partition coefficient (Wildman–Crippen LogP) is 5.39. The lowest BCUT2D eigenvalue weighted by Gasteiger charge is -2.14. The van der Waals surface area contributed by atoms with Crippen LogP contribution in [0.2, 0.25) is 0 Å². The number of nitrogens with one attached hydrogen (secondary N) is 4. The number of hydrogen-bond acceptors (Lipinski definition) is 8. The predicted molar refractivity (Wildman–Crippen MR) is 162 cm³/mol. The molecule has 0 aliphatic heterocycles. The second-order valence-corrected chi connectivity index (χ2v) is 10.8. The number of aromatic nitrogens is 2. The van der Waals surface area contributed by atoms with E-state index in [-0.39, 0.29) is 28.3 Å². The molecule has 0 saturated heterocycles. The number of para-hydroxylation sites is 2. The van der Waals surface area contributed by atoms with Gasteiger partial charge in [0, 0.05) is 29.5 Å². The van der Waals surface area contributed by atoms with Crippen LogP contribution in [0.5, 0.6) is 5.75 Å². The normalized spacial score (nSPS) is 11.0. The zero-order valence-electron chi connectivity index (χ0n) is 22.6. The molecule has 0 saturated carbocycles. The van der Waals surface area contributed by atoms with Crippen LogP contribution in [0.3, 0.4) is 0 Å². The lowest BCUT2D eigenvalue weighted by molar-refractivity contribution is -0.114. The molecule has 0 aliphatic carbocycles. The Bertz CT molecular complexity index is 1860. The van der Waals surface area contributed by atoms with Gasteiger partial charge in [0.15, 0.2) is 11.6 Å². The highest BCUT2D eigenvalue weighted by atomic mass is 32.2. The van der Waals surface area contributed by atoms with Crippen LogP contribution in [0, 0.1) is 0 Å². The van der Waals surface area contributed by atoms with E-state index in [1.165, 1.54) is 31.2 Å². The highest BCUT2D eigenvalue weighted by Gasteiger charge is 2.19. The van der Waals surface area contributed by atoms with E-state index in [1.54, 1.807) is 79.9 Å². The van der Waals surface area contributed by atoms with Gasteiger partial charge in [-0.3, -0.25) is 14.3 Å². The maximum atomic E-state index is 13.2. The van der Waals surface area contributed by atoms with Gasteiger partial charge in [0.2, 0.25) is 5.91 Å². The van der Waals surface area contributed by atoms with E-state index in [1.807, 2.05) is 0 Å². The topological polar surface area (TPSA) is 151 Å². The molecule has 2 amide bonds. The van der Waals surface area contributed by atoms with Gasteiger partial charge in [0.1, 0.15) is 5.75 Å². The Morgan fingerprint density at radius 1 is 0.690 bits per heavy atom. The summed E-state index contributed by atoms with van der Waals surface area (Å²) in [5.74, 6) is 0.275. The summed E-state index contributed by atoms with van der Waals surface area (Å²) < 4.78 is 34.1. The van der Waals surface area contributed by atoms with Crippen molar-refractivity contribution in [1.82, 2.24) is 9.97 Å². The monoisotopic (exact) mass is 582 g/mol. The van der Waals surface area contributed by atoms with Gasteiger partial charge < -0.3 is 20.7 Å². The molecular formula is C30H26N6O5S. The summed E-state index contributed by atoms with van der Waals surface area (Å²) in [6.07, 6.45) is 0. The molecule has 0 aliphatic rings. The molecule has 42 heavy (non-hydrogen) atoms. The third kappa shape index (κ3) is 6.62.